The van der Waals surface area contributed by atoms with Crippen molar-refractivity contribution in [3.05, 3.63) is 17.8 Å². The Balaban J connectivity index is 3.07. The standard InChI is InChI=1S/C8H12N4/c1-6(10-2)7-3-4-11-8(7)12-5-9/h3-5,11H,1-2H3,(H2,9,12). The van der Waals surface area contributed by atoms with Gasteiger partial charge in [-0.25, -0.2) is 4.99 Å². The van der Waals surface area contributed by atoms with E-state index in [1.165, 1.54) is 6.34 Å². The third kappa shape index (κ3) is 1.53. The second-order valence-corrected chi connectivity index (χ2v) is 2.33. The van der Waals surface area contributed by atoms with Gasteiger partial charge in [0.2, 0.25) is 0 Å². The number of aromatic nitrogens is 1. The Morgan fingerprint density at radius 2 is 2.42 bits per heavy atom. The Labute approximate surface area is 71.2 Å². The van der Waals surface area contributed by atoms with Crippen LogP contribution in [0.5, 0.6) is 0 Å². The van der Waals surface area contributed by atoms with Crippen LogP contribution < -0.4 is 5.73 Å². The Bertz CT molecular complexity index is 309. The van der Waals surface area contributed by atoms with Crippen molar-refractivity contribution in [2.45, 2.75) is 6.92 Å². The molecular formula is C8H12N4. The van der Waals surface area contributed by atoms with E-state index in [4.69, 9.17) is 5.73 Å². The molecule has 12 heavy (non-hydrogen) atoms. The minimum atomic E-state index is 0.751. The average Bonchev–Trinajstić information content (AvgIpc) is 2.52. The minimum Gasteiger partial charge on any atom is -0.390 e. The third-order valence-electron chi connectivity index (χ3n) is 1.65. The first-order chi connectivity index (χ1) is 5.79. The second-order valence-electron chi connectivity index (χ2n) is 2.33. The molecule has 0 amide bonds. The summed E-state index contributed by atoms with van der Waals surface area (Å²) in [5.74, 6) is 0.751. The fourth-order valence-electron chi connectivity index (χ4n) is 0.954. The Morgan fingerprint density at radius 3 is 3.00 bits per heavy atom. The Hall–Kier alpha value is -1.58. The van der Waals surface area contributed by atoms with Crippen molar-refractivity contribution in [3.8, 4) is 0 Å². The zero-order valence-electron chi connectivity index (χ0n) is 7.20. The molecule has 0 aliphatic heterocycles. The van der Waals surface area contributed by atoms with Gasteiger partial charge in [-0.3, -0.25) is 4.99 Å². The Morgan fingerprint density at radius 1 is 1.67 bits per heavy atom. The van der Waals surface area contributed by atoms with E-state index in [-0.39, 0.29) is 0 Å². The smallest absolute Gasteiger partial charge is 0.140 e. The lowest BCUT2D eigenvalue weighted by Gasteiger charge is -1.95. The third-order valence-corrected chi connectivity index (χ3v) is 1.65. The number of nitrogens with two attached hydrogens (primary N) is 1. The number of aliphatic imine (C=N–C) groups is 2. The molecule has 0 radical (unpaired) electrons. The van der Waals surface area contributed by atoms with Crippen molar-refractivity contribution in [2.24, 2.45) is 15.7 Å². The quantitative estimate of drug-likeness (QED) is 0.498. The van der Waals surface area contributed by atoms with Gasteiger partial charge in [0.05, 0.1) is 6.34 Å². The highest BCUT2D eigenvalue weighted by molar-refractivity contribution is 6.02. The van der Waals surface area contributed by atoms with Gasteiger partial charge in [-0.1, -0.05) is 0 Å². The first-order valence-electron chi connectivity index (χ1n) is 3.65. The molecule has 0 fully saturated rings. The first-order valence-corrected chi connectivity index (χ1v) is 3.65. The second kappa shape index (κ2) is 3.71. The number of hydrogen-bond acceptors (Lipinski definition) is 2. The van der Waals surface area contributed by atoms with Crippen LogP contribution in [0.3, 0.4) is 0 Å². The number of hydrogen-bond donors (Lipinski definition) is 2. The monoisotopic (exact) mass is 164 g/mol. The number of H-pyrrole nitrogens is 1. The zero-order chi connectivity index (χ0) is 8.97. The fraction of sp³-hybridized carbons (Fsp3) is 0.250. The fourth-order valence-corrected chi connectivity index (χ4v) is 0.954. The molecule has 4 nitrogen and oxygen atoms in total. The number of nitrogens with one attached hydrogen (secondary N) is 1. The van der Waals surface area contributed by atoms with Crippen LogP contribution in [0.15, 0.2) is 22.2 Å². The van der Waals surface area contributed by atoms with Crippen molar-refractivity contribution < 1.29 is 0 Å². The van der Waals surface area contributed by atoms with Crippen LogP contribution in [-0.2, 0) is 0 Å². The van der Waals surface area contributed by atoms with E-state index in [1.54, 1.807) is 7.05 Å². The molecular weight excluding hydrogens is 152 g/mol. The maximum atomic E-state index is 5.18. The number of rotatable bonds is 2. The van der Waals surface area contributed by atoms with Crippen molar-refractivity contribution in [1.29, 1.82) is 0 Å². The molecule has 0 unspecified atom stereocenters. The van der Waals surface area contributed by atoms with E-state index in [1.807, 2.05) is 19.2 Å². The summed E-state index contributed by atoms with van der Waals surface area (Å²) in [5.41, 5.74) is 7.11. The molecule has 0 aliphatic carbocycles. The maximum absolute atomic E-state index is 5.18. The summed E-state index contributed by atoms with van der Waals surface area (Å²) in [6.45, 7) is 1.93. The van der Waals surface area contributed by atoms with Crippen LogP contribution in [0.1, 0.15) is 12.5 Å². The lowest BCUT2D eigenvalue weighted by molar-refractivity contribution is 1.33. The van der Waals surface area contributed by atoms with Gasteiger partial charge in [0, 0.05) is 24.5 Å². The van der Waals surface area contributed by atoms with Crippen molar-refractivity contribution in [2.75, 3.05) is 7.05 Å². The normalized spacial score (nSPS) is 12.7. The highest BCUT2D eigenvalue weighted by Crippen LogP contribution is 2.16. The lowest BCUT2D eigenvalue weighted by Crippen LogP contribution is -1.93. The molecule has 3 N–H and O–H groups in total. The van der Waals surface area contributed by atoms with Gasteiger partial charge >= 0.3 is 0 Å². The Kier molecular flexibility index (Phi) is 2.63. The molecule has 0 atom stereocenters. The van der Waals surface area contributed by atoms with Crippen LogP contribution in [0.2, 0.25) is 0 Å². The van der Waals surface area contributed by atoms with E-state index in [0.717, 1.165) is 17.1 Å². The highest BCUT2D eigenvalue weighted by Gasteiger charge is 2.03. The molecule has 0 spiro atoms. The SMILES string of the molecule is CN=C(C)c1cc[nH]c1N=CN. The van der Waals surface area contributed by atoms with E-state index >= 15 is 0 Å². The van der Waals surface area contributed by atoms with Crippen molar-refractivity contribution in [3.63, 3.8) is 0 Å². The van der Waals surface area contributed by atoms with Crippen LogP contribution in [0, 0.1) is 0 Å². The van der Waals surface area contributed by atoms with Crippen molar-refractivity contribution >= 4 is 17.9 Å². The molecule has 0 aliphatic rings. The lowest BCUT2D eigenvalue weighted by atomic mass is 10.2. The molecule has 0 bridgehead atoms. The van der Waals surface area contributed by atoms with Gasteiger partial charge in [-0.15, -0.1) is 0 Å². The van der Waals surface area contributed by atoms with Gasteiger partial charge in [-0.2, -0.15) is 0 Å². The molecule has 0 aromatic carbocycles. The molecule has 1 rings (SSSR count). The molecule has 0 saturated carbocycles. The first kappa shape index (κ1) is 8.52. The summed E-state index contributed by atoms with van der Waals surface area (Å²) in [5, 5.41) is 0. The summed E-state index contributed by atoms with van der Waals surface area (Å²) in [6.07, 6.45) is 3.07. The van der Waals surface area contributed by atoms with Crippen LogP contribution in [0.4, 0.5) is 5.82 Å². The van der Waals surface area contributed by atoms with Gasteiger partial charge in [-0.05, 0) is 13.0 Å². The molecule has 0 saturated heterocycles. The summed E-state index contributed by atoms with van der Waals surface area (Å²) in [4.78, 5) is 11.0. The highest BCUT2D eigenvalue weighted by atomic mass is 14.9. The van der Waals surface area contributed by atoms with Gasteiger partial charge in [0.25, 0.3) is 0 Å². The summed E-state index contributed by atoms with van der Waals surface area (Å²) >= 11 is 0. The summed E-state index contributed by atoms with van der Waals surface area (Å²) < 4.78 is 0. The van der Waals surface area contributed by atoms with E-state index in [2.05, 4.69) is 15.0 Å². The maximum Gasteiger partial charge on any atom is 0.140 e. The number of aromatic amines is 1. The topological polar surface area (TPSA) is 66.5 Å². The van der Waals surface area contributed by atoms with Crippen molar-refractivity contribution in [1.82, 2.24) is 4.98 Å². The predicted octanol–water partition coefficient (Wildman–Crippen LogP) is 1.07. The zero-order valence-corrected chi connectivity index (χ0v) is 7.20. The van der Waals surface area contributed by atoms with Gasteiger partial charge in [0.1, 0.15) is 5.82 Å². The average molecular weight is 164 g/mol. The van der Waals surface area contributed by atoms with Crippen LogP contribution in [-0.4, -0.2) is 24.1 Å². The molecule has 4 heteroatoms. The van der Waals surface area contributed by atoms with Crippen LogP contribution in [0.25, 0.3) is 0 Å². The van der Waals surface area contributed by atoms with E-state index < -0.39 is 0 Å². The number of nitrogens with zero attached hydrogens (tertiary/aromatic N) is 2. The summed E-state index contributed by atoms with van der Waals surface area (Å²) in [6, 6.07) is 1.92. The molecule has 1 aromatic heterocycles. The predicted molar refractivity (Wildman–Crippen MR) is 51.3 cm³/mol. The minimum absolute atomic E-state index is 0.751. The molecule has 1 heterocycles. The molecule has 64 valence electrons. The van der Waals surface area contributed by atoms with E-state index in [0.29, 0.717) is 0 Å². The molecule has 1 aromatic rings. The van der Waals surface area contributed by atoms with Gasteiger partial charge < -0.3 is 10.7 Å². The van der Waals surface area contributed by atoms with Gasteiger partial charge in [0.15, 0.2) is 0 Å². The van der Waals surface area contributed by atoms with E-state index in [9.17, 15) is 0 Å². The summed E-state index contributed by atoms with van der Waals surface area (Å²) in [7, 11) is 1.75. The largest absolute Gasteiger partial charge is 0.390 e. The van der Waals surface area contributed by atoms with Crippen LogP contribution >= 0.6 is 0 Å².